The predicted octanol–water partition coefficient (Wildman–Crippen LogP) is 3.70. The Hall–Kier alpha value is -2.79. The molecular weight excluding hydrogens is 316 g/mol. The monoisotopic (exact) mass is 328 g/mol. The second-order valence-corrected chi connectivity index (χ2v) is 5.52. The Bertz CT molecular complexity index is 884. The van der Waals surface area contributed by atoms with Crippen LogP contribution in [0.4, 0.5) is 5.69 Å². The second-order valence-electron chi connectivity index (χ2n) is 5.11. The highest BCUT2D eigenvalue weighted by atomic mass is 35.5. The van der Waals surface area contributed by atoms with Crippen LogP contribution >= 0.6 is 11.6 Å². The molecule has 116 valence electrons. The Balaban J connectivity index is 1.77. The third kappa shape index (κ3) is 3.35. The van der Waals surface area contributed by atoms with Gasteiger partial charge < -0.3 is 15.4 Å². The number of fused-ring (bicyclic) bond motifs is 1. The number of halogens is 1. The number of H-pyrrole nitrogens is 1. The SMILES string of the molecule is O=C(O)Cc1ccc(NC(=O)c2cc3cccc(Cl)c3[nH]2)cc1. The van der Waals surface area contributed by atoms with Gasteiger partial charge in [0.15, 0.2) is 0 Å². The Kier molecular flexibility index (Phi) is 4.04. The topological polar surface area (TPSA) is 82.2 Å². The first-order valence-electron chi connectivity index (χ1n) is 6.92. The number of carbonyl (C=O) groups excluding carboxylic acids is 1. The van der Waals surface area contributed by atoms with Crippen molar-refractivity contribution in [2.75, 3.05) is 5.32 Å². The number of carboxylic acids is 1. The number of aliphatic carboxylic acids is 1. The van der Waals surface area contributed by atoms with Crippen molar-refractivity contribution < 1.29 is 14.7 Å². The lowest BCUT2D eigenvalue weighted by atomic mass is 10.1. The number of carboxylic acid groups (broad SMARTS) is 1. The number of rotatable bonds is 4. The van der Waals surface area contributed by atoms with Gasteiger partial charge in [-0.3, -0.25) is 9.59 Å². The molecule has 1 aromatic heterocycles. The van der Waals surface area contributed by atoms with Gasteiger partial charge in [-0.1, -0.05) is 35.9 Å². The molecule has 0 atom stereocenters. The third-order valence-electron chi connectivity index (χ3n) is 3.42. The number of aromatic nitrogens is 1. The molecule has 2 aromatic carbocycles. The summed E-state index contributed by atoms with van der Waals surface area (Å²) < 4.78 is 0. The molecule has 0 spiro atoms. The largest absolute Gasteiger partial charge is 0.481 e. The molecule has 0 radical (unpaired) electrons. The number of nitrogens with one attached hydrogen (secondary N) is 2. The Morgan fingerprint density at radius 1 is 1.13 bits per heavy atom. The van der Waals surface area contributed by atoms with Gasteiger partial charge in [-0.2, -0.15) is 0 Å². The molecule has 0 fully saturated rings. The second kappa shape index (κ2) is 6.14. The molecule has 3 aromatic rings. The molecule has 5 nitrogen and oxygen atoms in total. The Morgan fingerprint density at radius 2 is 1.87 bits per heavy atom. The number of benzene rings is 2. The number of hydrogen-bond acceptors (Lipinski definition) is 2. The van der Waals surface area contributed by atoms with E-state index in [0.29, 0.717) is 22.0 Å². The first-order chi connectivity index (χ1) is 11.0. The van der Waals surface area contributed by atoms with Crippen molar-refractivity contribution in [2.45, 2.75) is 6.42 Å². The van der Waals surface area contributed by atoms with Crippen LogP contribution in [0.1, 0.15) is 16.1 Å². The lowest BCUT2D eigenvalue weighted by Gasteiger charge is -2.04. The summed E-state index contributed by atoms with van der Waals surface area (Å²) in [4.78, 5) is 25.9. The minimum absolute atomic E-state index is 0.0469. The molecule has 23 heavy (non-hydrogen) atoms. The van der Waals surface area contributed by atoms with E-state index in [4.69, 9.17) is 16.7 Å². The van der Waals surface area contributed by atoms with E-state index in [-0.39, 0.29) is 12.3 Å². The summed E-state index contributed by atoms with van der Waals surface area (Å²) >= 11 is 6.08. The molecule has 0 aliphatic heterocycles. The van der Waals surface area contributed by atoms with Crippen molar-refractivity contribution in [3.8, 4) is 0 Å². The van der Waals surface area contributed by atoms with Crippen LogP contribution in [-0.2, 0) is 11.2 Å². The van der Waals surface area contributed by atoms with Crippen LogP contribution in [-0.4, -0.2) is 22.0 Å². The summed E-state index contributed by atoms with van der Waals surface area (Å²) in [6.07, 6.45) is -0.0469. The smallest absolute Gasteiger partial charge is 0.307 e. The van der Waals surface area contributed by atoms with Crippen LogP contribution in [0.5, 0.6) is 0 Å². The molecular formula is C17H13ClN2O3. The van der Waals surface area contributed by atoms with Crippen LogP contribution in [0.3, 0.4) is 0 Å². The fourth-order valence-electron chi connectivity index (χ4n) is 2.32. The van der Waals surface area contributed by atoms with E-state index in [1.54, 1.807) is 36.4 Å². The van der Waals surface area contributed by atoms with Crippen LogP contribution in [0.15, 0.2) is 48.5 Å². The van der Waals surface area contributed by atoms with Crippen molar-refractivity contribution in [2.24, 2.45) is 0 Å². The average Bonchev–Trinajstić information content (AvgIpc) is 2.94. The van der Waals surface area contributed by atoms with E-state index >= 15 is 0 Å². The Labute approximate surface area is 136 Å². The molecule has 3 N–H and O–H groups in total. The number of anilines is 1. The summed E-state index contributed by atoms with van der Waals surface area (Å²) in [7, 11) is 0. The third-order valence-corrected chi connectivity index (χ3v) is 3.73. The van der Waals surface area contributed by atoms with Gasteiger partial charge in [0.25, 0.3) is 5.91 Å². The minimum atomic E-state index is -0.892. The predicted molar refractivity (Wildman–Crippen MR) is 89.0 cm³/mol. The highest BCUT2D eigenvalue weighted by Crippen LogP contribution is 2.23. The van der Waals surface area contributed by atoms with Crippen LogP contribution in [0.2, 0.25) is 5.02 Å². The lowest BCUT2D eigenvalue weighted by molar-refractivity contribution is -0.136. The average molecular weight is 329 g/mol. The van der Waals surface area contributed by atoms with Crippen LogP contribution in [0.25, 0.3) is 10.9 Å². The summed E-state index contributed by atoms with van der Waals surface area (Å²) in [5.74, 6) is -1.18. The molecule has 0 bridgehead atoms. The number of para-hydroxylation sites is 1. The fraction of sp³-hybridized carbons (Fsp3) is 0.0588. The van der Waals surface area contributed by atoms with Gasteiger partial charge in [-0.15, -0.1) is 0 Å². The first-order valence-corrected chi connectivity index (χ1v) is 7.30. The molecule has 6 heteroatoms. The van der Waals surface area contributed by atoms with Gasteiger partial charge in [0.1, 0.15) is 5.69 Å². The van der Waals surface area contributed by atoms with Crippen molar-refractivity contribution in [1.82, 2.24) is 4.98 Å². The summed E-state index contributed by atoms with van der Waals surface area (Å²) in [5, 5.41) is 12.9. The standard InChI is InChI=1S/C17H13ClN2O3/c18-13-3-1-2-11-9-14(20-16(11)13)17(23)19-12-6-4-10(5-7-12)8-15(21)22/h1-7,9,20H,8H2,(H,19,23)(H,21,22). The van der Waals surface area contributed by atoms with Crippen molar-refractivity contribution >= 4 is 40.1 Å². The van der Waals surface area contributed by atoms with E-state index in [0.717, 1.165) is 10.9 Å². The lowest BCUT2D eigenvalue weighted by Crippen LogP contribution is -2.12. The van der Waals surface area contributed by atoms with E-state index in [9.17, 15) is 9.59 Å². The summed E-state index contributed by atoms with van der Waals surface area (Å²) in [6.45, 7) is 0. The fourth-order valence-corrected chi connectivity index (χ4v) is 2.55. The van der Waals surface area contributed by atoms with E-state index < -0.39 is 5.97 Å². The number of amides is 1. The molecule has 0 saturated heterocycles. The maximum atomic E-state index is 12.3. The zero-order chi connectivity index (χ0) is 16.4. The summed E-state index contributed by atoms with van der Waals surface area (Å²) in [6, 6.07) is 13.9. The first kappa shape index (κ1) is 15.1. The van der Waals surface area contributed by atoms with Crippen molar-refractivity contribution in [1.29, 1.82) is 0 Å². The van der Waals surface area contributed by atoms with E-state index in [2.05, 4.69) is 10.3 Å². The van der Waals surface area contributed by atoms with Gasteiger partial charge in [0.2, 0.25) is 0 Å². The molecule has 0 aliphatic carbocycles. The Morgan fingerprint density at radius 3 is 2.52 bits per heavy atom. The molecule has 0 unspecified atom stereocenters. The van der Waals surface area contributed by atoms with Crippen LogP contribution in [0, 0.1) is 0 Å². The maximum Gasteiger partial charge on any atom is 0.307 e. The van der Waals surface area contributed by atoms with Gasteiger partial charge >= 0.3 is 5.97 Å². The zero-order valence-electron chi connectivity index (χ0n) is 12.0. The quantitative estimate of drug-likeness (QED) is 0.683. The van der Waals surface area contributed by atoms with Crippen LogP contribution < -0.4 is 5.32 Å². The number of hydrogen-bond donors (Lipinski definition) is 3. The van der Waals surface area contributed by atoms with Gasteiger partial charge in [-0.05, 0) is 29.8 Å². The normalized spacial score (nSPS) is 10.7. The van der Waals surface area contributed by atoms with Gasteiger partial charge in [0, 0.05) is 11.1 Å². The molecule has 1 heterocycles. The highest BCUT2D eigenvalue weighted by Gasteiger charge is 2.11. The minimum Gasteiger partial charge on any atom is -0.481 e. The maximum absolute atomic E-state index is 12.3. The van der Waals surface area contributed by atoms with E-state index in [1.165, 1.54) is 0 Å². The number of aromatic amines is 1. The molecule has 3 rings (SSSR count). The summed E-state index contributed by atoms with van der Waals surface area (Å²) in [5.41, 5.74) is 2.39. The van der Waals surface area contributed by atoms with Crippen molar-refractivity contribution in [3.63, 3.8) is 0 Å². The van der Waals surface area contributed by atoms with Gasteiger partial charge in [0.05, 0.1) is 17.0 Å². The highest BCUT2D eigenvalue weighted by molar-refractivity contribution is 6.35. The zero-order valence-corrected chi connectivity index (χ0v) is 12.7. The van der Waals surface area contributed by atoms with E-state index in [1.807, 2.05) is 12.1 Å². The molecule has 0 saturated carbocycles. The molecule has 1 amide bonds. The van der Waals surface area contributed by atoms with Gasteiger partial charge in [-0.25, -0.2) is 0 Å². The number of carbonyl (C=O) groups is 2. The van der Waals surface area contributed by atoms with Crippen molar-refractivity contribution in [3.05, 3.63) is 64.8 Å². The molecule has 0 aliphatic rings.